The van der Waals surface area contributed by atoms with E-state index >= 15 is 0 Å². The molecule has 1 atom stereocenters. The first-order chi connectivity index (χ1) is 7.58. The third-order valence-corrected chi connectivity index (χ3v) is 3.27. The van der Waals surface area contributed by atoms with Crippen LogP contribution in [0.15, 0.2) is 0 Å². The average Bonchev–Trinajstić information content (AvgIpc) is 2.66. The Bertz CT molecular complexity index is 191. The highest BCUT2D eigenvalue weighted by Crippen LogP contribution is 2.28. The van der Waals surface area contributed by atoms with Gasteiger partial charge in [-0.05, 0) is 47.1 Å². The predicted octanol–water partition coefficient (Wildman–Crippen LogP) is 0.269. The summed E-state index contributed by atoms with van der Waals surface area (Å²) >= 11 is 0. The molecule has 1 unspecified atom stereocenters. The first-order valence-corrected chi connectivity index (χ1v) is 6.10. The van der Waals surface area contributed by atoms with Crippen molar-refractivity contribution in [3.63, 3.8) is 0 Å². The summed E-state index contributed by atoms with van der Waals surface area (Å²) in [6, 6.07) is 0. The molecule has 1 aliphatic rings. The topological polar surface area (TPSA) is 35.9 Å². The molecule has 1 heterocycles. The van der Waals surface area contributed by atoms with E-state index in [2.05, 4.69) is 30.9 Å². The maximum atomic E-state index is 9.46. The van der Waals surface area contributed by atoms with E-state index in [1.54, 1.807) is 0 Å². The van der Waals surface area contributed by atoms with Crippen LogP contribution in [0.3, 0.4) is 0 Å². The van der Waals surface area contributed by atoms with Crippen molar-refractivity contribution in [3.05, 3.63) is 0 Å². The molecule has 1 rings (SSSR count). The van der Waals surface area contributed by atoms with Gasteiger partial charge < -0.3 is 19.6 Å². The van der Waals surface area contributed by atoms with Gasteiger partial charge in [-0.25, -0.2) is 0 Å². The van der Waals surface area contributed by atoms with Gasteiger partial charge in [0.2, 0.25) is 0 Å². The summed E-state index contributed by atoms with van der Waals surface area (Å²) < 4.78 is 5.40. The lowest BCUT2D eigenvalue weighted by Gasteiger charge is -2.30. The number of aliphatic hydroxyl groups is 1. The molecule has 96 valence electrons. The Balaban J connectivity index is 2.24. The van der Waals surface area contributed by atoms with Gasteiger partial charge in [0.1, 0.15) is 0 Å². The summed E-state index contributed by atoms with van der Waals surface area (Å²) in [6.07, 6.45) is 2.16. The second-order valence-electron chi connectivity index (χ2n) is 5.36. The number of hydrogen-bond acceptors (Lipinski definition) is 4. The van der Waals surface area contributed by atoms with E-state index in [4.69, 9.17) is 4.74 Å². The summed E-state index contributed by atoms with van der Waals surface area (Å²) in [5, 5.41) is 9.46. The Kier molecular flexibility index (Phi) is 5.69. The zero-order valence-electron chi connectivity index (χ0n) is 10.9. The van der Waals surface area contributed by atoms with Gasteiger partial charge in [-0.15, -0.1) is 0 Å². The predicted molar refractivity (Wildman–Crippen MR) is 65.6 cm³/mol. The van der Waals surface area contributed by atoms with E-state index in [0.717, 1.165) is 32.7 Å². The van der Waals surface area contributed by atoms with Crippen molar-refractivity contribution in [1.82, 2.24) is 9.80 Å². The van der Waals surface area contributed by atoms with Crippen LogP contribution in [0.4, 0.5) is 0 Å². The first-order valence-electron chi connectivity index (χ1n) is 6.10. The highest BCUT2D eigenvalue weighted by molar-refractivity contribution is 4.85. The van der Waals surface area contributed by atoms with Crippen LogP contribution in [-0.2, 0) is 4.74 Å². The fourth-order valence-electron chi connectivity index (χ4n) is 2.26. The van der Waals surface area contributed by atoms with Gasteiger partial charge in [0.25, 0.3) is 0 Å². The highest BCUT2D eigenvalue weighted by atomic mass is 16.5. The summed E-state index contributed by atoms with van der Waals surface area (Å²) in [4.78, 5) is 4.52. The lowest BCUT2D eigenvalue weighted by molar-refractivity contribution is 0.0636. The monoisotopic (exact) mass is 230 g/mol. The van der Waals surface area contributed by atoms with E-state index in [-0.39, 0.29) is 12.0 Å². The number of hydrogen-bond donors (Lipinski definition) is 1. The number of rotatable bonds is 7. The fraction of sp³-hybridized carbons (Fsp3) is 1.00. The normalized spacial score (nSPS) is 25.9. The molecule has 0 amide bonds. The van der Waals surface area contributed by atoms with Gasteiger partial charge in [-0.2, -0.15) is 0 Å². The van der Waals surface area contributed by atoms with Gasteiger partial charge in [0.05, 0.1) is 13.2 Å². The van der Waals surface area contributed by atoms with Crippen LogP contribution in [-0.4, -0.2) is 75.5 Å². The number of aliphatic hydroxyl groups excluding tert-OH is 1. The number of ether oxygens (including phenoxy) is 1. The summed E-state index contributed by atoms with van der Waals surface area (Å²) in [6.45, 7) is 4.89. The van der Waals surface area contributed by atoms with Crippen molar-refractivity contribution in [2.75, 3.05) is 60.6 Å². The highest BCUT2D eigenvalue weighted by Gasteiger charge is 2.35. The van der Waals surface area contributed by atoms with Crippen molar-refractivity contribution in [2.45, 2.75) is 12.8 Å². The molecular formula is C12H26N2O2. The second kappa shape index (κ2) is 6.55. The molecule has 0 saturated carbocycles. The fourth-order valence-corrected chi connectivity index (χ4v) is 2.26. The molecule has 0 aliphatic carbocycles. The van der Waals surface area contributed by atoms with E-state index in [0.29, 0.717) is 6.61 Å². The standard InChI is InChI=1S/C12H26N2O2/c1-13(2)6-4-7-14(3)9-12(10-15)5-8-16-11-12/h15H,4-11H2,1-3H3. The Labute approximate surface area is 99.2 Å². The zero-order valence-corrected chi connectivity index (χ0v) is 10.9. The van der Waals surface area contributed by atoms with E-state index < -0.39 is 0 Å². The molecule has 1 saturated heterocycles. The molecule has 4 heteroatoms. The van der Waals surface area contributed by atoms with Gasteiger partial charge in [0, 0.05) is 18.6 Å². The molecule has 0 bridgehead atoms. The Morgan fingerprint density at radius 1 is 1.25 bits per heavy atom. The van der Waals surface area contributed by atoms with Crippen molar-refractivity contribution >= 4 is 0 Å². The van der Waals surface area contributed by atoms with Crippen molar-refractivity contribution in [1.29, 1.82) is 0 Å². The molecule has 16 heavy (non-hydrogen) atoms. The van der Waals surface area contributed by atoms with Gasteiger partial charge in [-0.1, -0.05) is 0 Å². The minimum absolute atomic E-state index is 0.00708. The van der Waals surface area contributed by atoms with Crippen LogP contribution >= 0.6 is 0 Å². The van der Waals surface area contributed by atoms with Crippen LogP contribution in [0.25, 0.3) is 0 Å². The van der Waals surface area contributed by atoms with Crippen molar-refractivity contribution < 1.29 is 9.84 Å². The average molecular weight is 230 g/mol. The Morgan fingerprint density at radius 2 is 2.00 bits per heavy atom. The lowest BCUT2D eigenvalue weighted by Crippen LogP contribution is -2.39. The van der Waals surface area contributed by atoms with Crippen LogP contribution in [0, 0.1) is 5.41 Å². The molecule has 0 radical (unpaired) electrons. The van der Waals surface area contributed by atoms with Gasteiger partial charge in [0.15, 0.2) is 0 Å². The second-order valence-corrected chi connectivity index (χ2v) is 5.36. The minimum atomic E-state index is -0.00708. The molecule has 0 spiro atoms. The summed E-state index contributed by atoms with van der Waals surface area (Å²) in [5.74, 6) is 0. The largest absolute Gasteiger partial charge is 0.396 e. The van der Waals surface area contributed by atoms with Gasteiger partial charge >= 0.3 is 0 Å². The Morgan fingerprint density at radius 3 is 2.50 bits per heavy atom. The van der Waals surface area contributed by atoms with Crippen molar-refractivity contribution in [2.24, 2.45) is 5.41 Å². The van der Waals surface area contributed by atoms with Crippen molar-refractivity contribution in [3.8, 4) is 0 Å². The lowest BCUT2D eigenvalue weighted by atomic mass is 9.88. The van der Waals surface area contributed by atoms with Crippen LogP contribution in [0.2, 0.25) is 0 Å². The summed E-state index contributed by atoms with van der Waals surface area (Å²) in [5.41, 5.74) is -0.00708. The molecule has 1 fully saturated rings. The molecule has 1 aliphatic heterocycles. The van der Waals surface area contributed by atoms with Crippen LogP contribution in [0.1, 0.15) is 12.8 Å². The zero-order chi connectivity index (χ0) is 12.0. The van der Waals surface area contributed by atoms with E-state index in [1.807, 2.05) is 0 Å². The molecule has 1 N–H and O–H groups in total. The first kappa shape index (κ1) is 13.9. The SMILES string of the molecule is CN(C)CCCN(C)CC1(CO)CCOC1. The third kappa shape index (κ3) is 4.37. The van der Waals surface area contributed by atoms with E-state index in [9.17, 15) is 5.11 Å². The molecule has 4 nitrogen and oxygen atoms in total. The molecular weight excluding hydrogens is 204 g/mol. The van der Waals surface area contributed by atoms with Gasteiger partial charge in [-0.3, -0.25) is 0 Å². The molecule has 0 aromatic heterocycles. The van der Waals surface area contributed by atoms with E-state index in [1.165, 1.54) is 6.42 Å². The van der Waals surface area contributed by atoms with Crippen LogP contribution < -0.4 is 0 Å². The number of nitrogens with zero attached hydrogens (tertiary/aromatic N) is 2. The molecule has 0 aromatic carbocycles. The smallest absolute Gasteiger partial charge is 0.0557 e. The third-order valence-electron chi connectivity index (χ3n) is 3.27. The molecule has 0 aromatic rings. The maximum absolute atomic E-state index is 9.46. The van der Waals surface area contributed by atoms with Crippen LogP contribution in [0.5, 0.6) is 0 Å². The minimum Gasteiger partial charge on any atom is -0.396 e. The summed E-state index contributed by atoms with van der Waals surface area (Å²) in [7, 11) is 6.32. The Hall–Kier alpha value is -0.160. The quantitative estimate of drug-likeness (QED) is 0.681. The maximum Gasteiger partial charge on any atom is 0.0557 e.